The van der Waals surface area contributed by atoms with Gasteiger partial charge in [-0.1, -0.05) is 12.8 Å². The highest BCUT2D eigenvalue weighted by Gasteiger charge is 2.31. The number of carbonyl (C=O) groups is 1. The summed E-state index contributed by atoms with van der Waals surface area (Å²) in [5.74, 6) is 4.08. The third-order valence-corrected chi connectivity index (χ3v) is 5.60. The van der Waals surface area contributed by atoms with Crippen LogP contribution in [0.1, 0.15) is 68.9 Å². The van der Waals surface area contributed by atoms with Gasteiger partial charge in [0.1, 0.15) is 5.82 Å². The lowest BCUT2D eigenvalue weighted by Gasteiger charge is -2.33. The normalized spacial score (nSPS) is 24.1. The molecule has 2 heterocycles. The SMILES string of the molecule is O=C(C1CCCC1)N1CCC(Cc2nc(C3CC3)n[nH]2)CC1. The van der Waals surface area contributed by atoms with Gasteiger partial charge in [-0.3, -0.25) is 9.89 Å². The number of piperidine rings is 1. The van der Waals surface area contributed by atoms with Gasteiger partial charge in [-0.15, -0.1) is 0 Å². The summed E-state index contributed by atoms with van der Waals surface area (Å²) >= 11 is 0. The van der Waals surface area contributed by atoms with Crippen LogP contribution in [0.4, 0.5) is 0 Å². The zero-order valence-corrected chi connectivity index (χ0v) is 13.3. The number of likely N-dealkylation sites (tertiary alicyclic amines) is 1. The molecule has 2 saturated carbocycles. The van der Waals surface area contributed by atoms with Crippen LogP contribution in [0.5, 0.6) is 0 Å². The Hall–Kier alpha value is -1.39. The molecule has 0 aromatic carbocycles. The van der Waals surface area contributed by atoms with E-state index in [1.54, 1.807) is 0 Å². The van der Waals surface area contributed by atoms with Crippen molar-refractivity contribution in [2.75, 3.05) is 13.1 Å². The third-order valence-electron chi connectivity index (χ3n) is 5.60. The number of carbonyl (C=O) groups excluding carboxylic acids is 1. The van der Waals surface area contributed by atoms with E-state index in [9.17, 15) is 4.79 Å². The molecule has 1 aromatic rings. The second-order valence-electron chi connectivity index (χ2n) is 7.37. The van der Waals surface area contributed by atoms with Crippen LogP contribution in [0.25, 0.3) is 0 Å². The molecule has 1 N–H and O–H groups in total. The molecule has 0 bridgehead atoms. The van der Waals surface area contributed by atoms with Gasteiger partial charge in [-0.05, 0) is 44.4 Å². The minimum Gasteiger partial charge on any atom is -0.342 e. The average Bonchev–Trinajstić information content (AvgIpc) is 3.06. The number of amides is 1. The van der Waals surface area contributed by atoms with Crippen molar-refractivity contribution in [3.8, 4) is 0 Å². The topological polar surface area (TPSA) is 61.9 Å². The molecule has 1 amide bonds. The van der Waals surface area contributed by atoms with E-state index < -0.39 is 0 Å². The molecule has 5 nitrogen and oxygen atoms in total. The van der Waals surface area contributed by atoms with Crippen LogP contribution in [0.3, 0.4) is 0 Å². The Labute approximate surface area is 131 Å². The number of aromatic amines is 1. The Kier molecular flexibility index (Phi) is 3.89. The first-order valence-corrected chi connectivity index (χ1v) is 8.99. The first-order valence-electron chi connectivity index (χ1n) is 8.99. The van der Waals surface area contributed by atoms with Gasteiger partial charge in [0.05, 0.1) is 0 Å². The minimum absolute atomic E-state index is 0.326. The van der Waals surface area contributed by atoms with Crippen molar-refractivity contribution >= 4 is 5.91 Å². The fourth-order valence-electron chi connectivity index (χ4n) is 3.99. The molecule has 0 unspecified atom stereocenters. The summed E-state index contributed by atoms with van der Waals surface area (Å²) in [4.78, 5) is 19.2. The van der Waals surface area contributed by atoms with Crippen LogP contribution in [0, 0.1) is 11.8 Å². The highest BCUT2D eigenvalue weighted by molar-refractivity contribution is 5.79. The quantitative estimate of drug-likeness (QED) is 0.930. The highest BCUT2D eigenvalue weighted by Crippen LogP contribution is 2.38. The second kappa shape index (κ2) is 6.01. The van der Waals surface area contributed by atoms with E-state index in [1.165, 1.54) is 25.7 Å². The van der Waals surface area contributed by atoms with Gasteiger partial charge >= 0.3 is 0 Å². The maximum absolute atomic E-state index is 12.4. The van der Waals surface area contributed by atoms with E-state index in [4.69, 9.17) is 0 Å². The van der Waals surface area contributed by atoms with Crippen LogP contribution in [0.15, 0.2) is 0 Å². The van der Waals surface area contributed by atoms with Crippen molar-refractivity contribution in [1.82, 2.24) is 20.1 Å². The predicted octanol–water partition coefficient (Wildman–Crippen LogP) is 2.65. The highest BCUT2D eigenvalue weighted by atomic mass is 16.2. The van der Waals surface area contributed by atoms with Gasteiger partial charge in [0.15, 0.2) is 5.82 Å². The number of nitrogens with one attached hydrogen (secondary N) is 1. The molecule has 1 saturated heterocycles. The monoisotopic (exact) mass is 302 g/mol. The molecule has 5 heteroatoms. The maximum Gasteiger partial charge on any atom is 0.225 e. The van der Waals surface area contributed by atoms with Crippen molar-refractivity contribution in [3.05, 3.63) is 11.6 Å². The first kappa shape index (κ1) is 14.2. The Bertz CT molecular complexity index is 523. The average molecular weight is 302 g/mol. The first-order chi connectivity index (χ1) is 10.8. The predicted molar refractivity (Wildman–Crippen MR) is 83.3 cm³/mol. The Morgan fingerprint density at radius 1 is 1.09 bits per heavy atom. The van der Waals surface area contributed by atoms with Gasteiger partial charge in [0.2, 0.25) is 5.91 Å². The second-order valence-corrected chi connectivity index (χ2v) is 7.37. The van der Waals surface area contributed by atoms with Crippen LogP contribution in [0.2, 0.25) is 0 Å². The standard InChI is InChI=1S/C17H26N4O/c22-17(14-3-1-2-4-14)21-9-7-12(8-10-21)11-15-18-16(20-19-15)13-5-6-13/h12-14H,1-11H2,(H,18,19,20). The molecule has 120 valence electrons. The van der Waals surface area contributed by atoms with Gasteiger partial charge in [0.25, 0.3) is 0 Å². The maximum atomic E-state index is 12.4. The molecule has 0 spiro atoms. The van der Waals surface area contributed by atoms with Crippen LogP contribution < -0.4 is 0 Å². The summed E-state index contributed by atoms with van der Waals surface area (Å²) < 4.78 is 0. The summed E-state index contributed by atoms with van der Waals surface area (Å²) in [6, 6.07) is 0. The Balaban J connectivity index is 1.26. The van der Waals surface area contributed by atoms with Gasteiger partial charge in [-0.25, -0.2) is 4.98 Å². The molecule has 1 aliphatic heterocycles. The van der Waals surface area contributed by atoms with E-state index in [2.05, 4.69) is 20.1 Å². The lowest BCUT2D eigenvalue weighted by atomic mass is 9.92. The van der Waals surface area contributed by atoms with Crippen molar-refractivity contribution in [2.45, 2.75) is 63.7 Å². The van der Waals surface area contributed by atoms with Gasteiger partial charge < -0.3 is 4.90 Å². The molecule has 3 fully saturated rings. The van der Waals surface area contributed by atoms with E-state index in [1.807, 2.05) is 0 Å². The van der Waals surface area contributed by atoms with E-state index in [-0.39, 0.29) is 0 Å². The summed E-state index contributed by atoms with van der Waals surface area (Å²) in [7, 11) is 0. The number of hydrogen-bond acceptors (Lipinski definition) is 3. The largest absolute Gasteiger partial charge is 0.342 e. The molecule has 0 radical (unpaired) electrons. The molecular formula is C17H26N4O. The van der Waals surface area contributed by atoms with Crippen LogP contribution in [-0.2, 0) is 11.2 Å². The summed E-state index contributed by atoms with van der Waals surface area (Å²) in [5.41, 5.74) is 0. The molecule has 22 heavy (non-hydrogen) atoms. The van der Waals surface area contributed by atoms with Gasteiger partial charge in [-0.2, -0.15) is 5.10 Å². The van der Waals surface area contributed by atoms with Gasteiger partial charge in [0, 0.05) is 31.3 Å². The number of rotatable bonds is 4. The fourth-order valence-corrected chi connectivity index (χ4v) is 3.99. The number of hydrogen-bond donors (Lipinski definition) is 1. The Morgan fingerprint density at radius 2 is 1.82 bits per heavy atom. The molecule has 4 rings (SSSR count). The van der Waals surface area contributed by atoms with Crippen molar-refractivity contribution in [3.63, 3.8) is 0 Å². The molecular weight excluding hydrogens is 276 g/mol. The Morgan fingerprint density at radius 3 is 2.50 bits per heavy atom. The zero-order valence-electron chi connectivity index (χ0n) is 13.3. The van der Waals surface area contributed by atoms with Crippen LogP contribution >= 0.6 is 0 Å². The summed E-state index contributed by atoms with van der Waals surface area (Å²) in [6.07, 6.45) is 10.4. The lowest BCUT2D eigenvalue weighted by Crippen LogP contribution is -2.41. The third kappa shape index (κ3) is 3.03. The molecule has 0 atom stereocenters. The van der Waals surface area contributed by atoms with Crippen molar-refractivity contribution < 1.29 is 4.79 Å². The fraction of sp³-hybridized carbons (Fsp3) is 0.824. The summed E-state index contributed by atoms with van der Waals surface area (Å²) in [5, 5.41) is 7.45. The number of nitrogens with zero attached hydrogens (tertiary/aromatic N) is 3. The zero-order chi connectivity index (χ0) is 14.9. The van der Waals surface area contributed by atoms with Crippen molar-refractivity contribution in [1.29, 1.82) is 0 Å². The van der Waals surface area contributed by atoms with E-state index in [0.717, 1.165) is 56.8 Å². The number of H-pyrrole nitrogens is 1. The van der Waals surface area contributed by atoms with Crippen LogP contribution in [-0.4, -0.2) is 39.1 Å². The molecule has 3 aliphatic rings. The minimum atomic E-state index is 0.326. The van der Waals surface area contributed by atoms with Crippen molar-refractivity contribution in [2.24, 2.45) is 11.8 Å². The lowest BCUT2D eigenvalue weighted by molar-refractivity contribution is -0.136. The van der Waals surface area contributed by atoms with E-state index >= 15 is 0 Å². The molecule has 1 aromatic heterocycles. The molecule has 2 aliphatic carbocycles. The smallest absolute Gasteiger partial charge is 0.225 e. The summed E-state index contributed by atoms with van der Waals surface area (Å²) in [6.45, 7) is 1.87. The van der Waals surface area contributed by atoms with E-state index in [0.29, 0.717) is 23.7 Å². The number of aromatic nitrogens is 3.